The Bertz CT molecular complexity index is 1310. The molecule has 2 heterocycles. The zero-order valence-corrected chi connectivity index (χ0v) is 18.2. The molecule has 10 heteroatoms. The van der Waals surface area contributed by atoms with Crippen LogP contribution in [0, 0.1) is 17.6 Å². The van der Waals surface area contributed by atoms with Gasteiger partial charge in [0.05, 0.1) is 15.9 Å². The average molecular weight is 482 g/mol. The third kappa shape index (κ3) is 3.99. The molecule has 3 N–H and O–H groups in total. The van der Waals surface area contributed by atoms with Gasteiger partial charge < -0.3 is 10.7 Å². The zero-order chi connectivity index (χ0) is 24.1. The molecule has 3 aromatic rings. The first kappa shape index (κ1) is 23.2. The maximum Gasteiger partial charge on any atom is 0.268 e. The highest BCUT2D eigenvalue weighted by atomic mass is 35.5. The van der Waals surface area contributed by atoms with Crippen molar-refractivity contribution in [1.29, 1.82) is 0 Å². The van der Waals surface area contributed by atoms with E-state index >= 15 is 0 Å². The summed E-state index contributed by atoms with van der Waals surface area (Å²) in [6, 6.07) is 4.77. The van der Waals surface area contributed by atoms with Gasteiger partial charge >= 0.3 is 0 Å². The second kappa shape index (κ2) is 8.44. The van der Waals surface area contributed by atoms with E-state index in [1.807, 2.05) is 0 Å². The largest absolute Gasteiger partial charge is 0.364 e. The number of primary amides is 1. The van der Waals surface area contributed by atoms with Crippen molar-refractivity contribution in [1.82, 2.24) is 9.97 Å². The fourth-order valence-electron chi connectivity index (χ4n) is 4.82. The lowest BCUT2D eigenvalue weighted by molar-refractivity contribution is -0.0984. The van der Waals surface area contributed by atoms with Crippen LogP contribution in [0.4, 0.5) is 17.6 Å². The topological polar surface area (TPSA) is 88.8 Å². The van der Waals surface area contributed by atoms with Gasteiger partial charge in [-0.05, 0) is 36.5 Å². The Morgan fingerprint density at radius 1 is 1.27 bits per heavy atom. The summed E-state index contributed by atoms with van der Waals surface area (Å²) in [6.07, 6.45) is 0.788. The lowest BCUT2D eigenvalue weighted by atomic mass is 9.67. The summed E-state index contributed by atoms with van der Waals surface area (Å²) in [6.45, 7) is 1.64. The number of alkyl halides is 2. The SMILES string of the molecule is CCC1CC(c2ccc(F)c(F)c2Cl)C(c2cc(=O)c3c(C(N)=O)nccc3[nH]2)CC1(F)F. The predicted molar refractivity (Wildman–Crippen MR) is 116 cm³/mol. The number of pyridine rings is 2. The first-order valence-electron chi connectivity index (χ1n) is 10.4. The lowest BCUT2D eigenvalue weighted by Gasteiger charge is -2.41. The standard InChI is InChI=1S/C23H20ClF4N3O2/c1-2-10-7-12(11-3-4-14(25)20(26)19(11)24)13(9-23(10,27)28)16-8-17(32)18-15(31-16)5-6-30-21(18)22(29)33/h3-6,8,10,12-13H,2,7,9H2,1H3,(H2,29,33)(H,31,32). The number of benzene rings is 1. The minimum atomic E-state index is -3.05. The molecule has 1 amide bonds. The number of carbonyl (C=O) groups is 1. The number of halogens is 5. The van der Waals surface area contributed by atoms with E-state index in [2.05, 4.69) is 9.97 Å². The van der Waals surface area contributed by atoms with Gasteiger partial charge in [0, 0.05) is 36.2 Å². The van der Waals surface area contributed by atoms with Gasteiger partial charge in [-0.3, -0.25) is 14.6 Å². The number of aromatic amines is 1. The second-order valence-electron chi connectivity index (χ2n) is 8.32. The molecular formula is C23H20ClF4N3O2. The van der Waals surface area contributed by atoms with E-state index in [1.54, 1.807) is 6.92 Å². The van der Waals surface area contributed by atoms with Crippen LogP contribution < -0.4 is 11.2 Å². The molecule has 0 aliphatic heterocycles. The van der Waals surface area contributed by atoms with Crippen LogP contribution in [-0.2, 0) is 0 Å². The van der Waals surface area contributed by atoms with Crippen LogP contribution in [0.25, 0.3) is 10.9 Å². The third-order valence-electron chi connectivity index (χ3n) is 6.47. The maximum absolute atomic E-state index is 15.0. The van der Waals surface area contributed by atoms with E-state index in [0.717, 1.165) is 12.1 Å². The number of nitrogens with two attached hydrogens (primary N) is 1. The van der Waals surface area contributed by atoms with Crippen LogP contribution in [0.1, 0.15) is 59.8 Å². The van der Waals surface area contributed by atoms with Crippen molar-refractivity contribution in [3.05, 3.63) is 74.3 Å². The van der Waals surface area contributed by atoms with Crippen LogP contribution in [0.3, 0.4) is 0 Å². The molecule has 0 spiro atoms. The van der Waals surface area contributed by atoms with Gasteiger partial charge in [0.2, 0.25) is 0 Å². The molecular weight excluding hydrogens is 462 g/mol. The number of hydrogen-bond acceptors (Lipinski definition) is 3. The first-order chi connectivity index (χ1) is 15.5. The van der Waals surface area contributed by atoms with Gasteiger partial charge in [-0.25, -0.2) is 17.6 Å². The smallest absolute Gasteiger partial charge is 0.268 e. The molecule has 0 saturated heterocycles. The van der Waals surface area contributed by atoms with Gasteiger partial charge in [-0.2, -0.15) is 0 Å². The summed E-state index contributed by atoms with van der Waals surface area (Å²) >= 11 is 6.09. The summed E-state index contributed by atoms with van der Waals surface area (Å²) in [4.78, 5) is 31.3. The molecule has 5 nitrogen and oxygen atoms in total. The van der Waals surface area contributed by atoms with Gasteiger partial charge in [0.15, 0.2) is 17.1 Å². The second-order valence-corrected chi connectivity index (χ2v) is 8.70. The number of aromatic nitrogens is 2. The summed E-state index contributed by atoms with van der Waals surface area (Å²) in [7, 11) is 0. The molecule has 1 fully saturated rings. The monoisotopic (exact) mass is 481 g/mol. The van der Waals surface area contributed by atoms with E-state index in [-0.39, 0.29) is 40.7 Å². The summed E-state index contributed by atoms with van der Waals surface area (Å²) in [5, 5.41) is -0.515. The molecule has 0 bridgehead atoms. The van der Waals surface area contributed by atoms with Gasteiger partial charge in [0.1, 0.15) is 5.69 Å². The molecule has 33 heavy (non-hydrogen) atoms. The number of nitrogens with zero attached hydrogens (tertiary/aromatic N) is 1. The summed E-state index contributed by atoms with van der Waals surface area (Å²) in [5.74, 6) is -9.00. The van der Waals surface area contributed by atoms with Crippen LogP contribution in [-0.4, -0.2) is 21.8 Å². The highest BCUT2D eigenvalue weighted by molar-refractivity contribution is 6.31. The van der Waals surface area contributed by atoms with E-state index in [0.29, 0.717) is 0 Å². The number of fused-ring (bicyclic) bond motifs is 1. The maximum atomic E-state index is 15.0. The molecule has 3 unspecified atom stereocenters. The Kier molecular flexibility index (Phi) is 5.94. The molecule has 4 rings (SSSR count). The lowest BCUT2D eigenvalue weighted by Crippen LogP contribution is -2.39. The minimum Gasteiger partial charge on any atom is -0.364 e. The number of rotatable bonds is 4. The Morgan fingerprint density at radius 2 is 2.00 bits per heavy atom. The molecule has 1 aromatic carbocycles. The van der Waals surface area contributed by atoms with Crippen molar-refractivity contribution in [2.75, 3.05) is 0 Å². The zero-order valence-electron chi connectivity index (χ0n) is 17.5. The molecule has 1 saturated carbocycles. The van der Waals surface area contributed by atoms with Crippen molar-refractivity contribution in [3.63, 3.8) is 0 Å². The molecule has 2 aromatic heterocycles. The highest BCUT2D eigenvalue weighted by Gasteiger charge is 2.49. The van der Waals surface area contributed by atoms with Crippen LogP contribution in [0.5, 0.6) is 0 Å². The highest BCUT2D eigenvalue weighted by Crippen LogP contribution is 2.54. The van der Waals surface area contributed by atoms with Crippen LogP contribution in [0.15, 0.2) is 35.3 Å². The van der Waals surface area contributed by atoms with Crippen LogP contribution in [0.2, 0.25) is 5.02 Å². The summed E-state index contributed by atoms with van der Waals surface area (Å²) in [5.41, 5.74) is 5.03. The fourth-order valence-corrected chi connectivity index (χ4v) is 5.11. The number of carbonyl (C=O) groups excluding carboxylic acids is 1. The van der Waals surface area contributed by atoms with Gasteiger partial charge in [0.25, 0.3) is 11.8 Å². The Morgan fingerprint density at radius 3 is 2.67 bits per heavy atom. The Balaban J connectivity index is 1.91. The van der Waals surface area contributed by atoms with Crippen molar-refractivity contribution >= 4 is 28.4 Å². The van der Waals surface area contributed by atoms with Crippen molar-refractivity contribution in [2.45, 2.75) is 43.9 Å². The minimum absolute atomic E-state index is 0.0398. The molecule has 174 valence electrons. The number of hydrogen-bond donors (Lipinski definition) is 2. The predicted octanol–water partition coefficient (Wildman–Crippen LogP) is 5.28. The number of H-pyrrole nitrogens is 1. The third-order valence-corrected chi connectivity index (χ3v) is 6.85. The van der Waals surface area contributed by atoms with Gasteiger partial charge in [-0.15, -0.1) is 0 Å². The molecule has 3 atom stereocenters. The Labute approximate surface area is 191 Å². The van der Waals surface area contributed by atoms with E-state index in [4.69, 9.17) is 17.3 Å². The van der Waals surface area contributed by atoms with E-state index < -0.39 is 58.1 Å². The van der Waals surface area contributed by atoms with Crippen molar-refractivity contribution < 1.29 is 22.4 Å². The molecule has 1 aliphatic carbocycles. The van der Waals surface area contributed by atoms with Crippen molar-refractivity contribution in [2.24, 2.45) is 11.7 Å². The quantitative estimate of drug-likeness (QED) is 0.392. The molecule has 1 aliphatic rings. The first-order valence-corrected chi connectivity index (χ1v) is 10.8. The number of amides is 1. The van der Waals surface area contributed by atoms with E-state index in [9.17, 15) is 27.2 Å². The normalized spacial score (nSPS) is 22.4. The number of nitrogens with one attached hydrogen (secondary N) is 1. The Hall–Kier alpha value is -2.94. The van der Waals surface area contributed by atoms with Crippen molar-refractivity contribution in [3.8, 4) is 0 Å². The van der Waals surface area contributed by atoms with Gasteiger partial charge in [-0.1, -0.05) is 24.6 Å². The van der Waals surface area contributed by atoms with Crippen LogP contribution >= 0.6 is 11.6 Å². The summed E-state index contributed by atoms with van der Waals surface area (Å²) < 4.78 is 57.9. The molecule has 0 radical (unpaired) electrons. The van der Waals surface area contributed by atoms with E-state index in [1.165, 1.54) is 18.3 Å². The fraction of sp³-hybridized carbons (Fsp3) is 0.348. The average Bonchev–Trinajstić information content (AvgIpc) is 2.76.